The highest BCUT2D eigenvalue weighted by Crippen LogP contribution is 2.27. The highest BCUT2D eigenvalue weighted by Gasteiger charge is 2.44. The van der Waals surface area contributed by atoms with Crippen LogP contribution in [0, 0.1) is 23.2 Å². The van der Waals surface area contributed by atoms with Gasteiger partial charge in [0.05, 0.1) is 50.4 Å². The van der Waals surface area contributed by atoms with E-state index in [1.807, 2.05) is 4.90 Å². The van der Waals surface area contributed by atoms with Crippen LogP contribution in [0.3, 0.4) is 0 Å². The first-order valence-electron chi connectivity index (χ1n) is 45.7. The molecule has 9 rings (SSSR count). The Balaban J connectivity index is 1.11. The standard InChI is InChI=1S/C94H124N22O21S2/c1-51(2)38-66-83(125)111-73(81(123)100-45-75(95)118)48-138-49-77(120)104-72(46-115-33-35-137-36-34-115)88(130)107-67(39-55-15-19-57(20-16-55)59-23-25-61(26-24-59)93(135)136)84(126)110-71(40-56-17-21-58(22-18-56)60-27-29-62(30-28-60)102-54(7)117)91(133)114(8)47-76(119)103-68(41-63-44-98-50-101-63)85(127)108-70(43-78(121)122)87(129)105-65(13-9-31-99-94(96)97)82(124)113-80(53(5)6)92(134)116-32-10-14-74(116)89(131)112-79(52(3)4)90(132)109-69(86(128)106-66)42-64-12-11-37-139-64/h11-12,15-30,37,44,50-53,65-74,79-80H,9-10,13-14,31-36,38-43,45-49H2,1-8H3,(H2,95,118)(H,98,101)(H,100,123)(H,102,117)(H,103,119)(H,104,120)(H,105,129)(H,106,128)(H,107,130)(H,108,127)(H,109,132)(H,110,126)(H,111,125)(H,112,131)(H,113,124)(H,121,122)(H,135,136)(H4,96,97,99)/t65-,66+,67+,68+,69+,70+,71+,72+,73+,74+,79+,80+/m1/s1. The minimum atomic E-state index is -2.03. The fourth-order valence-corrected chi connectivity index (χ4v) is 17.4. The minimum absolute atomic E-state index is 0.00983. The number of anilines is 1. The van der Waals surface area contributed by atoms with Crippen LogP contribution in [0.5, 0.6) is 0 Å². The zero-order valence-corrected chi connectivity index (χ0v) is 80.2. The smallest absolute Gasteiger partial charge is 0.335 e. The van der Waals surface area contributed by atoms with Crippen LogP contribution in [0.2, 0.25) is 0 Å². The number of aromatic amines is 1. The van der Waals surface area contributed by atoms with E-state index in [4.69, 9.17) is 21.6 Å². The lowest BCUT2D eigenvalue weighted by Gasteiger charge is -2.33. The summed E-state index contributed by atoms with van der Waals surface area (Å²) >= 11 is 2.06. The molecule has 3 saturated heterocycles. The fraction of sp³-hybridized carbons (Fsp3) is 0.468. The van der Waals surface area contributed by atoms with Crippen molar-refractivity contribution < 1.29 is 101 Å². The molecule has 0 saturated carbocycles. The second-order valence-corrected chi connectivity index (χ2v) is 37.4. The number of benzene rings is 4. The summed E-state index contributed by atoms with van der Waals surface area (Å²) in [5.74, 6) is -20.3. The van der Waals surface area contributed by atoms with Crippen molar-refractivity contribution in [2.24, 2.45) is 29.2 Å². The second-order valence-electron chi connectivity index (χ2n) is 35.3. The van der Waals surface area contributed by atoms with E-state index in [0.29, 0.717) is 38.4 Å². The summed E-state index contributed by atoms with van der Waals surface area (Å²) in [6.07, 6.45) is 0.252. The second kappa shape index (κ2) is 52.9. The van der Waals surface area contributed by atoms with E-state index in [1.54, 1.807) is 144 Å². The van der Waals surface area contributed by atoms with Crippen LogP contribution in [0.25, 0.3) is 22.3 Å². The van der Waals surface area contributed by atoms with E-state index in [2.05, 4.69) is 84.4 Å². The van der Waals surface area contributed by atoms with Crippen LogP contribution in [0.1, 0.15) is 119 Å². The number of rotatable bonds is 27. The lowest BCUT2D eigenvalue weighted by Crippen LogP contribution is -2.62. The summed E-state index contributed by atoms with van der Waals surface area (Å²) < 4.78 is 5.64. The quantitative estimate of drug-likeness (QED) is 0.0172. The molecule has 3 aliphatic rings. The van der Waals surface area contributed by atoms with Crippen molar-refractivity contribution >= 4 is 141 Å². The van der Waals surface area contributed by atoms with Crippen LogP contribution >= 0.6 is 23.1 Å². The third kappa shape index (κ3) is 34.2. The van der Waals surface area contributed by atoms with Gasteiger partial charge in [-0.2, -0.15) is 0 Å². The van der Waals surface area contributed by atoms with E-state index >= 15 is 19.2 Å². The average Bonchev–Trinajstić information content (AvgIpc) is 1.71. The number of likely N-dealkylation sites (N-methyl/N-ethyl adjacent to an activating group) is 1. The van der Waals surface area contributed by atoms with Crippen molar-refractivity contribution in [2.45, 2.75) is 185 Å². The number of aromatic carboxylic acids is 1. The molecule has 748 valence electrons. The first kappa shape index (κ1) is 108. The maximum atomic E-state index is 15.8. The largest absolute Gasteiger partial charge is 0.481 e. The molecule has 43 nitrogen and oxygen atoms in total. The molecule has 139 heavy (non-hydrogen) atoms. The number of nitrogens with zero attached hydrogens (tertiary/aromatic N) is 4. The maximum Gasteiger partial charge on any atom is 0.335 e. The number of hydrogen-bond acceptors (Lipinski definition) is 24. The molecule has 0 radical (unpaired) electrons. The van der Waals surface area contributed by atoms with E-state index in [9.17, 15) is 77.3 Å². The van der Waals surface area contributed by atoms with E-state index < -0.39 is 228 Å². The summed E-state index contributed by atoms with van der Waals surface area (Å²) in [6, 6.07) is 11.2. The van der Waals surface area contributed by atoms with Crippen LogP contribution in [-0.2, 0) is 112 Å². The number of carbonyl (C=O) groups excluding carboxylic acids is 16. The molecule has 0 spiro atoms. The zero-order chi connectivity index (χ0) is 101. The number of nitrogens with one attached hydrogen (secondary N) is 16. The molecule has 4 aromatic carbocycles. The van der Waals surface area contributed by atoms with Gasteiger partial charge < -0.3 is 116 Å². The highest BCUT2D eigenvalue weighted by molar-refractivity contribution is 8.00. The van der Waals surface area contributed by atoms with Gasteiger partial charge in [0.1, 0.15) is 72.5 Å². The molecule has 6 aromatic rings. The molecule has 3 fully saturated rings. The van der Waals surface area contributed by atoms with Gasteiger partial charge in [-0.25, -0.2) is 9.78 Å². The van der Waals surface area contributed by atoms with Crippen molar-refractivity contribution in [1.29, 1.82) is 5.41 Å². The summed E-state index contributed by atoms with van der Waals surface area (Å²) in [5.41, 5.74) is 15.4. The van der Waals surface area contributed by atoms with Gasteiger partial charge in [-0.15, -0.1) is 23.1 Å². The first-order valence-corrected chi connectivity index (χ1v) is 47.7. The third-order valence-electron chi connectivity index (χ3n) is 23.1. The van der Waals surface area contributed by atoms with Crippen molar-refractivity contribution in [1.82, 2.24) is 93.8 Å². The summed E-state index contributed by atoms with van der Waals surface area (Å²) in [7, 11) is 1.22. The molecular weight excluding hydrogens is 1840 g/mol. The Hall–Kier alpha value is -14.2. The fourth-order valence-electron chi connectivity index (χ4n) is 15.8. The number of amides is 16. The number of guanidine groups is 1. The van der Waals surface area contributed by atoms with Gasteiger partial charge in [-0.3, -0.25) is 91.8 Å². The highest BCUT2D eigenvalue weighted by atomic mass is 32.2. The van der Waals surface area contributed by atoms with Gasteiger partial charge in [0.2, 0.25) is 94.5 Å². The molecule has 22 N–H and O–H groups in total. The Labute approximate surface area is 811 Å². The number of thiophene rings is 1. The number of ether oxygens (including phenoxy) is 1. The maximum absolute atomic E-state index is 15.8. The molecular formula is C94H124N22O21S2. The first-order chi connectivity index (χ1) is 66.1. The molecule has 3 aliphatic heterocycles. The molecule has 0 bridgehead atoms. The van der Waals surface area contributed by atoms with E-state index in [0.717, 1.165) is 22.2 Å². The van der Waals surface area contributed by atoms with Crippen LogP contribution in [0.4, 0.5) is 5.69 Å². The number of morpholine rings is 1. The van der Waals surface area contributed by atoms with Gasteiger partial charge in [0, 0.05) is 101 Å². The number of thioether (sulfide) groups is 1. The predicted octanol–water partition coefficient (Wildman–Crippen LogP) is -0.709. The topological polar surface area (TPSA) is 640 Å². The number of carbonyl (C=O) groups is 18. The van der Waals surface area contributed by atoms with Crippen LogP contribution in [0.15, 0.2) is 127 Å². The van der Waals surface area contributed by atoms with E-state index in [1.165, 1.54) is 54.9 Å². The monoisotopic (exact) mass is 1960 g/mol. The molecule has 16 amide bonds. The van der Waals surface area contributed by atoms with Crippen molar-refractivity contribution in [3.63, 3.8) is 0 Å². The Bertz CT molecular complexity index is 5320. The van der Waals surface area contributed by atoms with Crippen molar-refractivity contribution in [3.8, 4) is 22.3 Å². The number of aliphatic carboxylic acids is 1. The number of carboxylic acid groups (broad SMARTS) is 2. The Morgan fingerprint density at radius 2 is 1.09 bits per heavy atom. The van der Waals surface area contributed by atoms with Crippen molar-refractivity contribution in [2.75, 3.05) is 82.9 Å². The number of primary amides is 1. The van der Waals surface area contributed by atoms with Crippen LogP contribution < -0.4 is 85.9 Å². The molecule has 2 aromatic heterocycles. The van der Waals surface area contributed by atoms with Gasteiger partial charge >= 0.3 is 11.9 Å². The molecule has 0 aliphatic carbocycles. The predicted molar refractivity (Wildman–Crippen MR) is 514 cm³/mol. The average molecular weight is 1960 g/mol. The van der Waals surface area contributed by atoms with Gasteiger partial charge in [0.25, 0.3) is 0 Å². The summed E-state index contributed by atoms with van der Waals surface area (Å²) in [5, 5.41) is 66.9. The molecule has 5 heterocycles. The number of fused-ring (bicyclic) bond motifs is 1. The normalized spacial score (nSPS) is 22.6. The Kier molecular flexibility index (Phi) is 41.3. The summed E-state index contributed by atoms with van der Waals surface area (Å²) in [6.45, 7) is 10.5. The Morgan fingerprint density at radius 3 is 1.65 bits per heavy atom. The lowest BCUT2D eigenvalue weighted by molar-refractivity contribution is -0.144. The lowest BCUT2D eigenvalue weighted by atomic mass is 9.98. The molecule has 0 unspecified atom stereocenters. The number of imidazole rings is 1. The van der Waals surface area contributed by atoms with E-state index in [-0.39, 0.29) is 120 Å². The Morgan fingerprint density at radius 1 is 0.561 bits per heavy atom. The number of H-pyrrole nitrogens is 1. The number of carboxylic acids is 2. The SMILES string of the molecule is CC(=O)Nc1ccc(-c2ccc(C[C@@H]3NC(=O)[C@H](Cc4ccc(-c5ccc(C(=O)O)cc5)cc4)NC(=O)[C@H](CN4CCOCC4)NC(=O)CSC[C@@H](C(=O)NCC(N)=O)NC(=O)[C@H](CC(C)C)NC(=O)[C@H](Cc4cccs4)NC(=O)[C@H](C(C)C)NC(=O)[C@@H]4CCCN4C(=O)[C@H](C(C)C)NC(=O)[C@@H](CCCNC(=N)N)NC(=O)[C@H](CC(=O)O)NC(=O)[C@H](Cc4cnc[nH]4)NC(=O)CN(C)C3=O)cc2)cc1. The summed E-state index contributed by atoms with van der Waals surface area (Å²) in [4.78, 5) is 270. The number of aromatic nitrogens is 2. The van der Waals surface area contributed by atoms with Crippen LogP contribution in [-0.4, -0.2) is 297 Å². The molecule has 45 heteroatoms. The zero-order valence-electron chi connectivity index (χ0n) is 78.5. The third-order valence-corrected chi connectivity index (χ3v) is 25.0. The van der Waals surface area contributed by atoms with Gasteiger partial charge in [0.15, 0.2) is 5.96 Å². The number of hydrogen-bond donors (Lipinski definition) is 20. The molecule has 12 atom stereocenters. The van der Waals surface area contributed by atoms with Crippen molar-refractivity contribution in [3.05, 3.63) is 154 Å². The number of nitrogens with two attached hydrogens (primary N) is 2. The van der Waals surface area contributed by atoms with Gasteiger partial charge in [-0.1, -0.05) is 120 Å². The minimum Gasteiger partial charge on any atom is -0.481 e. The van der Waals surface area contributed by atoms with Gasteiger partial charge in [-0.05, 0) is 119 Å².